The molecule has 2 atom stereocenters. The molecule has 2 amide bonds. The fraction of sp³-hybridized carbons (Fsp3) is 0.722. The molecule has 2 heterocycles. The smallest absolute Gasteiger partial charge is 0.243 e. The minimum atomic E-state index is -0.495. The zero-order chi connectivity index (χ0) is 18.1. The molecule has 0 spiro atoms. The van der Waals surface area contributed by atoms with Gasteiger partial charge in [0.15, 0.2) is 5.78 Å². The number of ketones is 1. The molecule has 5 nitrogen and oxygen atoms in total. The molecular formula is C18H28N2O3S. The highest BCUT2D eigenvalue weighted by Crippen LogP contribution is 2.31. The van der Waals surface area contributed by atoms with Crippen LogP contribution < -0.4 is 0 Å². The largest absolute Gasteiger partial charge is 0.336 e. The number of likely N-dealkylation sites (tertiary alicyclic amines) is 1. The van der Waals surface area contributed by atoms with Gasteiger partial charge in [0.25, 0.3) is 0 Å². The molecule has 0 aliphatic carbocycles. The Hall–Kier alpha value is -1.30. The third kappa shape index (κ3) is 4.21. The first-order valence-corrected chi connectivity index (χ1v) is 9.60. The van der Waals surface area contributed by atoms with Crippen molar-refractivity contribution >= 4 is 29.4 Å². The summed E-state index contributed by atoms with van der Waals surface area (Å²) in [6, 6.07) is 0.408. The van der Waals surface area contributed by atoms with E-state index in [9.17, 15) is 14.4 Å². The van der Waals surface area contributed by atoms with Gasteiger partial charge in [0, 0.05) is 23.6 Å². The molecule has 0 radical (unpaired) electrons. The molecule has 2 aliphatic heterocycles. The van der Waals surface area contributed by atoms with Crippen LogP contribution in [-0.2, 0) is 14.4 Å². The van der Waals surface area contributed by atoms with Crippen molar-refractivity contribution in [1.29, 1.82) is 0 Å². The monoisotopic (exact) mass is 352 g/mol. The highest BCUT2D eigenvalue weighted by atomic mass is 32.2. The van der Waals surface area contributed by atoms with Crippen LogP contribution in [0.15, 0.2) is 11.1 Å². The molecule has 0 N–H and O–H groups in total. The topological polar surface area (TPSA) is 57.7 Å². The maximum Gasteiger partial charge on any atom is 0.243 e. The van der Waals surface area contributed by atoms with Crippen molar-refractivity contribution in [3.8, 4) is 0 Å². The number of carbonyl (C=O) groups excluding carboxylic acids is 3. The summed E-state index contributed by atoms with van der Waals surface area (Å²) in [6.45, 7) is 9.70. The van der Waals surface area contributed by atoms with E-state index in [-0.39, 0.29) is 36.2 Å². The Labute approximate surface area is 148 Å². The van der Waals surface area contributed by atoms with E-state index in [1.54, 1.807) is 0 Å². The van der Waals surface area contributed by atoms with Crippen LogP contribution in [-0.4, -0.2) is 51.8 Å². The molecule has 2 saturated heterocycles. The fourth-order valence-corrected chi connectivity index (χ4v) is 4.10. The van der Waals surface area contributed by atoms with E-state index in [2.05, 4.69) is 13.8 Å². The van der Waals surface area contributed by atoms with Gasteiger partial charge in [0.1, 0.15) is 6.54 Å². The zero-order valence-corrected chi connectivity index (χ0v) is 16.1. The lowest BCUT2D eigenvalue weighted by molar-refractivity contribution is -0.141. The lowest BCUT2D eigenvalue weighted by atomic mass is 9.91. The summed E-state index contributed by atoms with van der Waals surface area (Å²) in [6.07, 6.45) is 4.66. The summed E-state index contributed by atoms with van der Waals surface area (Å²) >= 11 is 1.34. The summed E-state index contributed by atoms with van der Waals surface area (Å²) in [5.74, 6) is 0.136. The van der Waals surface area contributed by atoms with Gasteiger partial charge in [0.2, 0.25) is 11.8 Å². The molecule has 2 fully saturated rings. The lowest BCUT2D eigenvalue weighted by Gasteiger charge is -2.39. The maximum atomic E-state index is 12.8. The van der Waals surface area contributed by atoms with Gasteiger partial charge >= 0.3 is 0 Å². The molecule has 2 unspecified atom stereocenters. The molecule has 2 aliphatic rings. The van der Waals surface area contributed by atoms with E-state index in [0.717, 1.165) is 19.3 Å². The van der Waals surface area contributed by atoms with Gasteiger partial charge in [-0.1, -0.05) is 32.5 Å². The maximum absolute atomic E-state index is 12.8. The molecule has 134 valence electrons. The summed E-state index contributed by atoms with van der Waals surface area (Å²) in [4.78, 5) is 40.6. The Morgan fingerprint density at radius 3 is 2.33 bits per heavy atom. The third-order valence-corrected chi connectivity index (χ3v) is 5.70. The number of allylic oxidation sites excluding steroid dienone is 1. The predicted molar refractivity (Wildman–Crippen MR) is 96.3 cm³/mol. The highest BCUT2D eigenvalue weighted by Gasteiger charge is 2.35. The number of rotatable bonds is 3. The Morgan fingerprint density at radius 2 is 1.79 bits per heavy atom. The van der Waals surface area contributed by atoms with Crippen LogP contribution in [0, 0.1) is 5.41 Å². The average molecular weight is 353 g/mol. The SMILES string of the molecule is CC1CCCC(C)N1C(=O)CN1C(=O)CS/C1=C/C(=O)C(C)(C)C. The Kier molecular flexibility index (Phi) is 5.78. The number of nitrogens with zero attached hydrogens (tertiary/aromatic N) is 2. The molecule has 2 rings (SSSR count). The van der Waals surface area contributed by atoms with Crippen LogP contribution in [0.25, 0.3) is 0 Å². The Bertz CT molecular complexity index is 555. The normalized spacial score (nSPS) is 27.0. The number of piperidine rings is 1. The molecule has 0 aromatic heterocycles. The van der Waals surface area contributed by atoms with Crippen molar-refractivity contribution in [2.75, 3.05) is 12.3 Å². The Balaban J connectivity index is 2.13. The number of carbonyl (C=O) groups is 3. The number of hydrogen-bond donors (Lipinski definition) is 0. The van der Waals surface area contributed by atoms with Crippen LogP contribution >= 0.6 is 11.8 Å². The van der Waals surface area contributed by atoms with Gasteiger partial charge < -0.3 is 4.90 Å². The summed E-state index contributed by atoms with van der Waals surface area (Å²) in [5, 5.41) is 0.602. The van der Waals surface area contributed by atoms with Crippen molar-refractivity contribution in [3.63, 3.8) is 0 Å². The summed E-state index contributed by atoms with van der Waals surface area (Å²) in [5.41, 5.74) is -0.495. The van der Waals surface area contributed by atoms with E-state index < -0.39 is 5.41 Å². The summed E-state index contributed by atoms with van der Waals surface area (Å²) in [7, 11) is 0. The van der Waals surface area contributed by atoms with Crippen molar-refractivity contribution in [3.05, 3.63) is 11.1 Å². The standard InChI is InChI=1S/C18H28N2O3S/c1-12-7-6-8-13(2)20(12)15(22)10-19-16(23)11-24-17(19)9-14(21)18(3,4)5/h9,12-13H,6-8,10-11H2,1-5H3/b17-9+. The van der Waals surface area contributed by atoms with Crippen molar-refractivity contribution in [2.45, 2.75) is 66.0 Å². The molecule has 0 aromatic carbocycles. The van der Waals surface area contributed by atoms with Crippen LogP contribution in [0.5, 0.6) is 0 Å². The first-order valence-electron chi connectivity index (χ1n) is 8.61. The van der Waals surface area contributed by atoms with Crippen LogP contribution in [0.1, 0.15) is 53.9 Å². The van der Waals surface area contributed by atoms with Crippen LogP contribution in [0.4, 0.5) is 0 Å². The molecule has 0 aromatic rings. The molecular weight excluding hydrogens is 324 g/mol. The van der Waals surface area contributed by atoms with Crippen LogP contribution in [0.3, 0.4) is 0 Å². The van der Waals surface area contributed by atoms with Crippen LogP contribution in [0.2, 0.25) is 0 Å². The van der Waals surface area contributed by atoms with Crippen molar-refractivity contribution < 1.29 is 14.4 Å². The predicted octanol–water partition coefficient (Wildman–Crippen LogP) is 2.81. The molecule has 0 bridgehead atoms. The number of thioether (sulfide) groups is 1. The van der Waals surface area contributed by atoms with E-state index in [1.807, 2.05) is 25.7 Å². The quantitative estimate of drug-likeness (QED) is 0.733. The zero-order valence-electron chi connectivity index (χ0n) is 15.3. The van der Waals surface area contributed by atoms with E-state index >= 15 is 0 Å². The van der Waals surface area contributed by atoms with Gasteiger partial charge in [-0.3, -0.25) is 19.3 Å². The van der Waals surface area contributed by atoms with Gasteiger partial charge in [-0.05, 0) is 33.1 Å². The van der Waals surface area contributed by atoms with E-state index in [1.165, 1.54) is 22.7 Å². The Morgan fingerprint density at radius 1 is 1.21 bits per heavy atom. The minimum absolute atomic E-state index is 0.0281. The third-order valence-electron chi connectivity index (χ3n) is 4.68. The van der Waals surface area contributed by atoms with E-state index in [0.29, 0.717) is 10.8 Å². The molecule has 6 heteroatoms. The second-order valence-electron chi connectivity index (χ2n) is 7.80. The number of hydrogen-bond acceptors (Lipinski definition) is 4. The van der Waals surface area contributed by atoms with Gasteiger partial charge in [-0.2, -0.15) is 0 Å². The van der Waals surface area contributed by atoms with E-state index in [4.69, 9.17) is 0 Å². The minimum Gasteiger partial charge on any atom is -0.336 e. The second kappa shape index (κ2) is 7.30. The first-order chi connectivity index (χ1) is 11.1. The average Bonchev–Trinajstić information content (AvgIpc) is 2.79. The second-order valence-corrected chi connectivity index (χ2v) is 8.79. The molecule has 24 heavy (non-hydrogen) atoms. The van der Waals surface area contributed by atoms with Gasteiger partial charge in [-0.15, -0.1) is 0 Å². The van der Waals surface area contributed by atoms with Gasteiger partial charge in [0.05, 0.1) is 10.8 Å². The highest BCUT2D eigenvalue weighted by molar-refractivity contribution is 8.04. The van der Waals surface area contributed by atoms with Crippen molar-refractivity contribution in [1.82, 2.24) is 9.80 Å². The fourth-order valence-electron chi connectivity index (χ4n) is 3.16. The summed E-state index contributed by atoms with van der Waals surface area (Å²) < 4.78 is 0. The van der Waals surface area contributed by atoms with Crippen molar-refractivity contribution in [2.24, 2.45) is 5.41 Å². The first kappa shape index (κ1) is 19.0. The molecule has 0 saturated carbocycles. The number of amides is 2. The lowest BCUT2D eigenvalue weighted by Crippen LogP contribution is -2.51. The van der Waals surface area contributed by atoms with Gasteiger partial charge in [-0.25, -0.2) is 0 Å².